The summed E-state index contributed by atoms with van der Waals surface area (Å²) in [5.41, 5.74) is 2.12. The molecule has 0 aliphatic carbocycles. The van der Waals surface area contributed by atoms with E-state index in [1.165, 1.54) is 0 Å². The summed E-state index contributed by atoms with van der Waals surface area (Å²) in [5, 5.41) is 0. The maximum absolute atomic E-state index is 11.1. The fourth-order valence-electron chi connectivity index (χ4n) is 1.87. The summed E-state index contributed by atoms with van der Waals surface area (Å²) in [7, 11) is 0. The average Bonchev–Trinajstić information content (AvgIpc) is 2.59. The molecule has 2 heterocycles. The molecule has 84 valence electrons. The molecule has 0 saturated carbocycles. The van der Waals surface area contributed by atoms with Crippen LogP contribution in [0.1, 0.15) is 38.1 Å². The molecule has 3 heteroatoms. The molecule has 16 heavy (non-hydrogen) atoms. The summed E-state index contributed by atoms with van der Waals surface area (Å²) in [6.07, 6.45) is 4.37. The van der Waals surface area contributed by atoms with Crippen molar-refractivity contribution >= 4 is 11.3 Å². The van der Waals surface area contributed by atoms with Crippen LogP contribution in [-0.2, 0) is 11.2 Å². The van der Waals surface area contributed by atoms with Gasteiger partial charge in [-0.05, 0) is 18.6 Å². The van der Waals surface area contributed by atoms with Gasteiger partial charge >= 0.3 is 0 Å². The number of fused-ring (bicyclic) bond motifs is 1. The Balaban J connectivity index is 2.50. The number of Topliss-reactive ketones (excluding diaryl/α,β-unsaturated/α-hetero) is 1. The van der Waals surface area contributed by atoms with Gasteiger partial charge in [-0.3, -0.25) is 4.79 Å². The second kappa shape index (κ2) is 4.08. The third-order valence-corrected chi connectivity index (χ3v) is 2.59. The first-order valence-corrected chi connectivity index (χ1v) is 5.53. The maximum atomic E-state index is 11.1. The molecule has 0 N–H and O–H groups in total. The highest BCUT2D eigenvalue weighted by Gasteiger charge is 2.08. The van der Waals surface area contributed by atoms with Crippen molar-refractivity contribution in [1.29, 1.82) is 0 Å². The highest BCUT2D eigenvalue weighted by molar-refractivity contribution is 5.78. The number of imidazole rings is 1. The summed E-state index contributed by atoms with van der Waals surface area (Å²) in [6, 6.07) is 4.00. The minimum absolute atomic E-state index is 0.186. The van der Waals surface area contributed by atoms with Crippen LogP contribution in [0.3, 0.4) is 0 Å². The standard InChI is InChI=1S/C13H16N2O/c1-9(2)13-14-7-12-5-4-11(6-10(3)16)8-15(12)13/h4-5,7-9H,6H2,1-3H3. The van der Waals surface area contributed by atoms with Gasteiger partial charge in [-0.2, -0.15) is 0 Å². The zero-order valence-electron chi connectivity index (χ0n) is 9.90. The number of carbonyl (C=O) groups is 1. The Hall–Kier alpha value is -1.64. The summed E-state index contributed by atoms with van der Waals surface area (Å²) in [4.78, 5) is 15.5. The molecule has 0 aliphatic heterocycles. The second-order valence-electron chi connectivity index (χ2n) is 4.48. The van der Waals surface area contributed by atoms with Gasteiger partial charge in [0.1, 0.15) is 11.6 Å². The van der Waals surface area contributed by atoms with Crippen molar-refractivity contribution in [1.82, 2.24) is 9.38 Å². The fraction of sp³-hybridized carbons (Fsp3) is 0.385. The van der Waals surface area contributed by atoms with E-state index in [1.807, 2.05) is 24.5 Å². The van der Waals surface area contributed by atoms with E-state index in [-0.39, 0.29) is 5.78 Å². The highest BCUT2D eigenvalue weighted by Crippen LogP contribution is 2.16. The molecule has 0 amide bonds. The minimum atomic E-state index is 0.186. The number of hydrogen-bond donors (Lipinski definition) is 0. The number of ketones is 1. The van der Waals surface area contributed by atoms with Crippen LogP contribution in [0, 0.1) is 0 Å². The van der Waals surface area contributed by atoms with E-state index in [0.29, 0.717) is 12.3 Å². The van der Waals surface area contributed by atoms with Crippen molar-refractivity contribution in [3.8, 4) is 0 Å². The molecule has 0 bridgehead atoms. The number of hydrogen-bond acceptors (Lipinski definition) is 2. The summed E-state index contributed by atoms with van der Waals surface area (Å²) in [6.45, 7) is 5.85. The van der Waals surface area contributed by atoms with E-state index in [9.17, 15) is 4.79 Å². The van der Waals surface area contributed by atoms with Crippen LogP contribution in [0.5, 0.6) is 0 Å². The van der Waals surface area contributed by atoms with E-state index in [2.05, 4.69) is 23.2 Å². The number of carbonyl (C=O) groups excluding carboxylic acids is 1. The van der Waals surface area contributed by atoms with Gasteiger partial charge in [0.25, 0.3) is 0 Å². The van der Waals surface area contributed by atoms with Gasteiger partial charge in [-0.15, -0.1) is 0 Å². The molecule has 0 radical (unpaired) electrons. The number of nitrogens with zero attached hydrogens (tertiary/aromatic N) is 2. The Morgan fingerprint density at radius 3 is 2.81 bits per heavy atom. The molecule has 2 rings (SSSR count). The molecule has 0 unspecified atom stereocenters. The Labute approximate surface area is 95.1 Å². The second-order valence-corrected chi connectivity index (χ2v) is 4.48. The average molecular weight is 216 g/mol. The van der Waals surface area contributed by atoms with Crippen LogP contribution in [0.2, 0.25) is 0 Å². The lowest BCUT2D eigenvalue weighted by atomic mass is 10.1. The molecule has 2 aromatic rings. The van der Waals surface area contributed by atoms with Crippen LogP contribution in [-0.4, -0.2) is 15.2 Å². The molecule has 0 atom stereocenters. The van der Waals surface area contributed by atoms with E-state index in [4.69, 9.17) is 0 Å². The van der Waals surface area contributed by atoms with E-state index >= 15 is 0 Å². The molecular weight excluding hydrogens is 200 g/mol. The molecule has 0 fully saturated rings. The van der Waals surface area contributed by atoms with Gasteiger partial charge in [-0.25, -0.2) is 4.98 Å². The van der Waals surface area contributed by atoms with Crippen molar-refractivity contribution in [3.05, 3.63) is 35.9 Å². The monoisotopic (exact) mass is 216 g/mol. The predicted molar refractivity (Wildman–Crippen MR) is 63.7 cm³/mol. The molecule has 3 nitrogen and oxygen atoms in total. The Kier molecular flexibility index (Phi) is 2.77. The first-order valence-electron chi connectivity index (χ1n) is 5.53. The van der Waals surface area contributed by atoms with Gasteiger partial charge in [0.05, 0.1) is 11.7 Å². The lowest BCUT2D eigenvalue weighted by molar-refractivity contribution is -0.116. The van der Waals surface area contributed by atoms with Gasteiger partial charge in [0, 0.05) is 18.5 Å². The first-order chi connectivity index (χ1) is 7.58. The van der Waals surface area contributed by atoms with E-state index < -0.39 is 0 Å². The zero-order chi connectivity index (χ0) is 11.7. The fourth-order valence-corrected chi connectivity index (χ4v) is 1.87. The molecule has 0 aliphatic rings. The molecule has 2 aromatic heterocycles. The Morgan fingerprint density at radius 2 is 2.19 bits per heavy atom. The third-order valence-electron chi connectivity index (χ3n) is 2.59. The summed E-state index contributed by atoms with van der Waals surface area (Å²) in [5.74, 6) is 1.61. The Morgan fingerprint density at radius 1 is 1.44 bits per heavy atom. The smallest absolute Gasteiger partial charge is 0.134 e. The summed E-state index contributed by atoms with van der Waals surface area (Å²) >= 11 is 0. The van der Waals surface area contributed by atoms with Crippen LogP contribution >= 0.6 is 0 Å². The van der Waals surface area contributed by atoms with Crippen LogP contribution in [0.15, 0.2) is 24.5 Å². The topological polar surface area (TPSA) is 34.4 Å². The van der Waals surface area contributed by atoms with E-state index in [0.717, 1.165) is 16.9 Å². The lowest BCUT2D eigenvalue weighted by Crippen LogP contribution is -2.01. The quantitative estimate of drug-likeness (QED) is 0.790. The van der Waals surface area contributed by atoms with Crippen molar-refractivity contribution in [2.75, 3.05) is 0 Å². The van der Waals surface area contributed by atoms with Crippen LogP contribution in [0.25, 0.3) is 5.52 Å². The largest absolute Gasteiger partial charge is 0.303 e. The molecular formula is C13H16N2O. The Bertz CT molecular complexity index is 526. The summed E-state index contributed by atoms with van der Waals surface area (Å²) < 4.78 is 2.07. The van der Waals surface area contributed by atoms with Crippen molar-refractivity contribution in [2.24, 2.45) is 0 Å². The minimum Gasteiger partial charge on any atom is -0.303 e. The normalized spacial score (nSPS) is 11.2. The van der Waals surface area contributed by atoms with Gasteiger partial charge < -0.3 is 4.40 Å². The number of pyridine rings is 1. The number of rotatable bonds is 3. The van der Waals surface area contributed by atoms with Crippen molar-refractivity contribution in [3.63, 3.8) is 0 Å². The SMILES string of the molecule is CC(=O)Cc1ccc2cnc(C(C)C)n2c1. The molecule has 0 saturated heterocycles. The van der Waals surface area contributed by atoms with Crippen LogP contribution < -0.4 is 0 Å². The lowest BCUT2D eigenvalue weighted by Gasteiger charge is -2.06. The van der Waals surface area contributed by atoms with Gasteiger partial charge in [0.15, 0.2) is 0 Å². The van der Waals surface area contributed by atoms with Crippen molar-refractivity contribution < 1.29 is 4.79 Å². The first kappa shape index (κ1) is 10.9. The van der Waals surface area contributed by atoms with E-state index in [1.54, 1.807) is 6.92 Å². The highest BCUT2D eigenvalue weighted by atomic mass is 16.1. The molecule has 0 aromatic carbocycles. The van der Waals surface area contributed by atoms with Gasteiger partial charge in [0.2, 0.25) is 0 Å². The van der Waals surface area contributed by atoms with Crippen LogP contribution in [0.4, 0.5) is 0 Å². The zero-order valence-corrected chi connectivity index (χ0v) is 9.90. The third kappa shape index (κ3) is 1.98. The maximum Gasteiger partial charge on any atom is 0.134 e. The molecule has 0 spiro atoms. The predicted octanol–water partition coefficient (Wildman–Crippen LogP) is 2.59. The number of aromatic nitrogens is 2. The van der Waals surface area contributed by atoms with Crippen molar-refractivity contribution in [2.45, 2.75) is 33.1 Å². The van der Waals surface area contributed by atoms with Gasteiger partial charge in [-0.1, -0.05) is 19.9 Å².